The van der Waals surface area contributed by atoms with Gasteiger partial charge in [0.05, 0.1) is 5.92 Å². The molecule has 5 rings (SSSR count). The highest BCUT2D eigenvalue weighted by Gasteiger charge is 2.45. The summed E-state index contributed by atoms with van der Waals surface area (Å²) in [5, 5.41) is 11.0. The van der Waals surface area contributed by atoms with Crippen LogP contribution in [0.4, 0.5) is 0 Å². The fraction of sp³-hybridized carbons (Fsp3) is 0.615. The van der Waals surface area contributed by atoms with E-state index in [4.69, 9.17) is 0 Å². The second-order valence-electron chi connectivity index (χ2n) is 10.2. The maximum absolute atomic E-state index is 13.6. The normalized spacial score (nSPS) is 29.5. The van der Waals surface area contributed by atoms with Crippen molar-refractivity contribution in [3.63, 3.8) is 0 Å². The number of likely N-dealkylation sites (tertiary alicyclic amines) is 1. The minimum atomic E-state index is -0.684. The van der Waals surface area contributed by atoms with Gasteiger partial charge in [0, 0.05) is 35.6 Å². The summed E-state index contributed by atoms with van der Waals surface area (Å²) < 4.78 is 0. The average molecular weight is 423 g/mol. The van der Waals surface area contributed by atoms with Crippen LogP contribution in [0.15, 0.2) is 24.4 Å². The van der Waals surface area contributed by atoms with Gasteiger partial charge in [0.25, 0.3) is 0 Å². The largest absolute Gasteiger partial charge is 0.481 e. The summed E-state index contributed by atoms with van der Waals surface area (Å²) in [6.07, 6.45) is 9.53. The van der Waals surface area contributed by atoms with Crippen molar-refractivity contribution < 1.29 is 14.7 Å². The van der Waals surface area contributed by atoms with E-state index in [1.165, 1.54) is 34.9 Å². The number of H-pyrrole nitrogens is 1. The highest BCUT2D eigenvalue weighted by atomic mass is 16.4. The molecule has 5 nitrogen and oxygen atoms in total. The number of aliphatic carboxylic acids is 1. The molecule has 3 fully saturated rings. The SMILES string of the molecule is CC(CC(=O)N1C(C)CCC2C(C(=O)O)CCCC21)c1c[nH]c2cccc(C3CC3)c12. The lowest BCUT2D eigenvalue weighted by Crippen LogP contribution is -2.56. The van der Waals surface area contributed by atoms with Crippen LogP contribution >= 0.6 is 0 Å². The van der Waals surface area contributed by atoms with Crippen LogP contribution in [0.25, 0.3) is 10.9 Å². The summed E-state index contributed by atoms with van der Waals surface area (Å²) in [5.74, 6) is 0.118. The van der Waals surface area contributed by atoms with Gasteiger partial charge in [-0.1, -0.05) is 25.5 Å². The van der Waals surface area contributed by atoms with E-state index < -0.39 is 5.97 Å². The van der Waals surface area contributed by atoms with Gasteiger partial charge in [-0.2, -0.15) is 0 Å². The van der Waals surface area contributed by atoms with Gasteiger partial charge < -0.3 is 15.0 Å². The molecule has 2 heterocycles. The van der Waals surface area contributed by atoms with E-state index >= 15 is 0 Å². The molecular weight excluding hydrogens is 388 g/mol. The molecule has 1 aromatic carbocycles. The number of amides is 1. The van der Waals surface area contributed by atoms with Crippen LogP contribution in [0.2, 0.25) is 0 Å². The fourth-order valence-electron chi connectivity index (χ4n) is 6.46. The number of nitrogens with zero attached hydrogens (tertiary/aromatic N) is 1. The number of rotatable bonds is 5. The number of benzene rings is 1. The van der Waals surface area contributed by atoms with Gasteiger partial charge in [-0.25, -0.2) is 0 Å². The van der Waals surface area contributed by atoms with Crippen LogP contribution < -0.4 is 0 Å². The van der Waals surface area contributed by atoms with Crippen molar-refractivity contribution in [2.75, 3.05) is 0 Å². The number of hydrogen-bond acceptors (Lipinski definition) is 2. The highest BCUT2D eigenvalue weighted by Crippen LogP contribution is 2.46. The summed E-state index contributed by atoms with van der Waals surface area (Å²) in [5.41, 5.74) is 3.84. The Hall–Kier alpha value is -2.30. The number of nitrogens with one attached hydrogen (secondary N) is 1. The molecule has 1 amide bonds. The molecule has 5 heteroatoms. The lowest BCUT2D eigenvalue weighted by Gasteiger charge is -2.49. The summed E-state index contributed by atoms with van der Waals surface area (Å²) in [4.78, 5) is 30.9. The topological polar surface area (TPSA) is 73.4 Å². The van der Waals surface area contributed by atoms with Crippen LogP contribution in [-0.4, -0.2) is 39.0 Å². The molecule has 2 saturated carbocycles. The molecule has 0 bridgehead atoms. The van der Waals surface area contributed by atoms with Crippen LogP contribution in [0.3, 0.4) is 0 Å². The number of hydrogen-bond donors (Lipinski definition) is 2. The first kappa shape index (κ1) is 20.6. The minimum Gasteiger partial charge on any atom is -0.481 e. The van der Waals surface area contributed by atoms with E-state index in [0.717, 1.165) is 32.1 Å². The van der Waals surface area contributed by atoms with Crippen molar-refractivity contribution in [1.82, 2.24) is 9.88 Å². The van der Waals surface area contributed by atoms with Gasteiger partial charge >= 0.3 is 5.97 Å². The first-order chi connectivity index (χ1) is 15.0. The Morgan fingerprint density at radius 1 is 1.16 bits per heavy atom. The molecule has 5 atom stereocenters. The molecule has 2 aliphatic carbocycles. The second-order valence-corrected chi connectivity index (χ2v) is 10.2. The van der Waals surface area contributed by atoms with Crippen LogP contribution in [0.5, 0.6) is 0 Å². The molecule has 0 spiro atoms. The van der Waals surface area contributed by atoms with Crippen molar-refractivity contribution in [3.05, 3.63) is 35.5 Å². The van der Waals surface area contributed by atoms with E-state index in [0.29, 0.717) is 12.3 Å². The standard InChI is InChI=1S/C26H34N2O3/c1-15(21-14-27-22-7-3-5-18(25(21)22)17-10-11-17)13-24(29)28-16(2)9-12-19-20(26(30)31)6-4-8-23(19)28/h3,5,7,14-17,19-20,23,27H,4,6,8-13H2,1-2H3,(H,30,31). The Balaban J connectivity index is 1.38. The predicted octanol–water partition coefficient (Wildman–Crippen LogP) is 5.42. The van der Waals surface area contributed by atoms with E-state index in [1.54, 1.807) is 0 Å². The lowest BCUT2D eigenvalue weighted by atomic mass is 9.70. The third-order valence-corrected chi connectivity index (χ3v) is 8.18. The molecule has 0 radical (unpaired) electrons. The Labute approximate surface area is 184 Å². The molecule has 3 aliphatic rings. The average Bonchev–Trinajstić information content (AvgIpc) is 3.50. The zero-order valence-corrected chi connectivity index (χ0v) is 18.6. The number of fused-ring (bicyclic) bond motifs is 2. The number of carboxylic acids is 1. The summed E-state index contributed by atoms with van der Waals surface area (Å²) >= 11 is 0. The van der Waals surface area contributed by atoms with E-state index in [-0.39, 0.29) is 35.7 Å². The number of aromatic nitrogens is 1. The zero-order valence-electron chi connectivity index (χ0n) is 18.6. The summed E-state index contributed by atoms with van der Waals surface area (Å²) in [7, 11) is 0. The van der Waals surface area contributed by atoms with Gasteiger partial charge in [0.1, 0.15) is 0 Å². The van der Waals surface area contributed by atoms with Crippen molar-refractivity contribution in [3.8, 4) is 0 Å². The molecule has 31 heavy (non-hydrogen) atoms. The molecular formula is C26H34N2O3. The van der Waals surface area contributed by atoms with Crippen LogP contribution in [0, 0.1) is 11.8 Å². The Kier molecular flexibility index (Phi) is 5.31. The van der Waals surface area contributed by atoms with Gasteiger partial charge in [0.2, 0.25) is 5.91 Å². The highest BCUT2D eigenvalue weighted by molar-refractivity contribution is 5.89. The molecule has 1 saturated heterocycles. The maximum atomic E-state index is 13.6. The quantitative estimate of drug-likeness (QED) is 0.676. The van der Waals surface area contributed by atoms with E-state index in [9.17, 15) is 14.7 Å². The molecule has 166 valence electrons. The number of carbonyl (C=O) groups excluding carboxylic acids is 1. The number of carbonyl (C=O) groups is 2. The van der Waals surface area contributed by atoms with E-state index in [2.05, 4.69) is 48.1 Å². The number of piperidine rings is 1. The Morgan fingerprint density at radius 3 is 2.71 bits per heavy atom. The Morgan fingerprint density at radius 2 is 1.97 bits per heavy atom. The zero-order chi connectivity index (χ0) is 21.7. The van der Waals surface area contributed by atoms with Crippen LogP contribution in [-0.2, 0) is 9.59 Å². The molecule has 2 N–H and O–H groups in total. The van der Waals surface area contributed by atoms with Crippen molar-refractivity contribution in [2.24, 2.45) is 11.8 Å². The summed E-state index contributed by atoms with van der Waals surface area (Å²) in [6, 6.07) is 6.78. The van der Waals surface area contributed by atoms with Gasteiger partial charge in [-0.15, -0.1) is 0 Å². The van der Waals surface area contributed by atoms with Crippen LogP contribution in [0.1, 0.15) is 88.2 Å². The molecule has 1 aliphatic heterocycles. The number of aromatic amines is 1. The minimum absolute atomic E-state index is 0.0864. The predicted molar refractivity (Wildman–Crippen MR) is 121 cm³/mol. The molecule has 5 unspecified atom stereocenters. The Bertz CT molecular complexity index is 992. The third-order valence-electron chi connectivity index (χ3n) is 8.18. The monoisotopic (exact) mass is 422 g/mol. The fourth-order valence-corrected chi connectivity index (χ4v) is 6.46. The lowest BCUT2D eigenvalue weighted by molar-refractivity contribution is -0.154. The van der Waals surface area contributed by atoms with Crippen molar-refractivity contribution >= 4 is 22.8 Å². The molecule has 1 aromatic heterocycles. The van der Waals surface area contributed by atoms with Crippen molar-refractivity contribution in [2.45, 2.75) is 89.1 Å². The summed E-state index contributed by atoms with van der Waals surface area (Å²) in [6.45, 7) is 4.30. The first-order valence-corrected chi connectivity index (χ1v) is 12.1. The third kappa shape index (κ3) is 3.66. The van der Waals surface area contributed by atoms with E-state index in [1.807, 2.05) is 0 Å². The van der Waals surface area contributed by atoms with Gasteiger partial charge in [0.15, 0.2) is 0 Å². The van der Waals surface area contributed by atoms with Crippen molar-refractivity contribution in [1.29, 1.82) is 0 Å². The maximum Gasteiger partial charge on any atom is 0.306 e. The van der Waals surface area contributed by atoms with Gasteiger partial charge in [-0.3, -0.25) is 9.59 Å². The smallest absolute Gasteiger partial charge is 0.306 e. The first-order valence-electron chi connectivity index (χ1n) is 12.1. The number of carboxylic acid groups (broad SMARTS) is 1. The second kappa shape index (κ2) is 7.99. The molecule has 2 aromatic rings. The van der Waals surface area contributed by atoms with Gasteiger partial charge in [-0.05, 0) is 80.4 Å².